The molecule has 1 unspecified atom stereocenters. The largest absolute Gasteiger partial charge is 0.378 e. The Morgan fingerprint density at radius 3 is 2.37 bits per heavy atom. The Kier molecular flexibility index (Phi) is 3.93. The highest BCUT2D eigenvalue weighted by Crippen LogP contribution is 2.28. The van der Waals surface area contributed by atoms with Gasteiger partial charge in [0.05, 0.1) is 11.7 Å². The van der Waals surface area contributed by atoms with Gasteiger partial charge in [0.1, 0.15) is 0 Å². The number of nitrogens with zero attached hydrogens (tertiary/aromatic N) is 2. The molecule has 1 atom stereocenters. The summed E-state index contributed by atoms with van der Waals surface area (Å²) in [6.45, 7) is 8.68. The number of aryl methyl sites for hydroxylation is 2. The maximum atomic E-state index is 4.41. The molecule has 0 amide bonds. The van der Waals surface area contributed by atoms with Crippen LogP contribution in [-0.2, 0) is 7.05 Å². The Morgan fingerprint density at radius 2 is 1.79 bits per heavy atom. The highest BCUT2D eigenvalue weighted by molar-refractivity contribution is 5.54. The molecule has 0 aliphatic rings. The molecule has 2 rings (SSSR count). The maximum absolute atomic E-state index is 4.41. The van der Waals surface area contributed by atoms with Crippen LogP contribution in [0.5, 0.6) is 0 Å². The van der Waals surface area contributed by atoms with Crippen LogP contribution in [-0.4, -0.2) is 9.78 Å². The van der Waals surface area contributed by atoms with Crippen molar-refractivity contribution >= 4 is 5.69 Å². The van der Waals surface area contributed by atoms with Crippen LogP contribution in [0.25, 0.3) is 0 Å². The molecule has 0 saturated carbocycles. The lowest BCUT2D eigenvalue weighted by Gasteiger charge is -2.19. The van der Waals surface area contributed by atoms with Gasteiger partial charge in [-0.05, 0) is 31.4 Å². The van der Waals surface area contributed by atoms with E-state index in [-0.39, 0.29) is 6.04 Å². The SMILES string of the molecule is Cc1nn(C)cc1C(C)Nc1ccccc1C(C)C. The van der Waals surface area contributed by atoms with E-state index in [0.29, 0.717) is 5.92 Å². The van der Waals surface area contributed by atoms with E-state index < -0.39 is 0 Å². The minimum Gasteiger partial charge on any atom is -0.378 e. The fraction of sp³-hybridized carbons (Fsp3) is 0.438. The van der Waals surface area contributed by atoms with Crippen LogP contribution in [0.3, 0.4) is 0 Å². The van der Waals surface area contributed by atoms with Gasteiger partial charge in [-0.2, -0.15) is 5.10 Å². The van der Waals surface area contributed by atoms with Crippen molar-refractivity contribution in [2.75, 3.05) is 5.32 Å². The molecule has 2 aromatic rings. The van der Waals surface area contributed by atoms with Gasteiger partial charge in [0.2, 0.25) is 0 Å². The summed E-state index contributed by atoms with van der Waals surface area (Å²) >= 11 is 0. The van der Waals surface area contributed by atoms with Crippen molar-refractivity contribution in [1.29, 1.82) is 0 Å². The van der Waals surface area contributed by atoms with Gasteiger partial charge in [-0.25, -0.2) is 0 Å². The van der Waals surface area contributed by atoms with Crippen LogP contribution >= 0.6 is 0 Å². The average Bonchev–Trinajstić information content (AvgIpc) is 2.69. The number of anilines is 1. The fourth-order valence-electron chi connectivity index (χ4n) is 2.49. The second kappa shape index (κ2) is 5.47. The monoisotopic (exact) mass is 257 g/mol. The molecule has 3 nitrogen and oxygen atoms in total. The van der Waals surface area contributed by atoms with Gasteiger partial charge < -0.3 is 5.32 Å². The highest BCUT2D eigenvalue weighted by Gasteiger charge is 2.13. The van der Waals surface area contributed by atoms with Crippen molar-refractivity contribution in [1.82, 2.24) is 9.78 Å². The lowest BCUT2D eigenvalue weighted by molar-refractivity contribution is 0.756. The minimum absolute atomic E-state index is 0.258. The summed E-state index contributed by atoms with van der Waals surface area (Å²) < 4.78 is 1.87. The Balaban J connectivity index is 2.24. The first kappa shape index (κ1) is 13.7. The zero-order chi connectivity index (χ0) is 14.0. The second-order valence-corrected chi connectivity index (χ2v) is 5.45. The first-order valence-electron chi connectivity index (χ1n) is 6.84. The number of nitrogens with one attached hydrogen (secondary N) is 1. The lowest BCUT2D eigenvalue weighted by Crippen LogP contribution is -2.09. The van der Waals surface area contributed by atoms with Gasteiger partial charge in [0.25, 0.3) is 0 Å². The zero-order valence-corrected chi connectivity index (χ0v) is 12.4. The summed E-state index contributed by atoms with van der Waals surface area (Å²) in [5, 5.41) is 8.02. The first-order valence-corrected chi connectivity index (χ1v) is 6.84. The Labute approximate surface area is 115 Å². The fourth-order valence-corrected chi connectivity index (χ4v) is 2.49. The van der Waals surface area contributed by atoms with Gasteiger partial charge in [-0.3, -0.25) is 4.68 Å². The summed E-state index contributed by atoms with van der Waals surface area (Å²) in [4.78, 5) is 0. The van der Waals surface area contributed by atoms with E-state index in [1.165, 1.54) is 16.8 Å². The van der Waals surface area contributed by atoms with Crippen LogP contribution < -0.4 is 5.32 Å². The Hall–Kier alpha value is -1.77. The molecule has 19 heavy (non-hydrogen) atoms. The van der Waals surface area contributed by atoms with Crippen molar-refractivity contribution in [2.24, 2.45) is 7.05 Å². The molecule has 1 aromatic carbocycles. The molecule has 0 fully saturated rings. The molecule has 3 heteroatoms. The summed E-state index contributed by atoms with van der Waals surface area (Å²) in [6, 6.07) is 8.78. The van der Waals surface area contributed by atoms with Crippen molar-refractivity contribution < 1.29 is 0 Å². The summed E-state index contributed by atoms with van der Waals surface area (Å²) in [7, 11) is 1.96. The van der Waals surface area contributed by atoms with Crippen LogP contribution in [0.4, 0.5) is 5.69 Å². The van der Waals surface area contributed by atoms with E-state index in [0.717, 1.165) is 5.69 Å². The topological polar surface area (TPSA) is 29.9 Å². The normalized spacial score (nSPS) is 12.7. The predicted octanol–water partition coefficient (Wildman–Crippen LogP) is 4.03. The van der Waals surface area contributed by atoms with Crippen LogP contribution in [0.15, 0.2) is 30.5 Å². The molecule has 0 aliphatic carbocycles. The summed E-state index contributed by atoms with van der Waals surface area (Å²) in [5.41, 5.74) is 4.91. The summed E-state index contributed by atoms with van der Waals surface area (Å²) in [6.07, 6.45) is 2.09. The molecule has 1 aromatic heterocycles. The van der Waals surface area contributed by atoms with Crippen molar-refractivity contribution in [3.8, 4) is 0 Å². The third kappa shape index (κ3) is 2.98. The molecule has 0 bridgehead atoms. The highest BCUT2D eigenvalue weighted by atomic mass is 15.3. The van der Waals surface area contributed by atoms with E-state index >= 15 is 0 Å². The smallest absolute Gasteiger partial charge is 0.0646 e. The van der Waals surface area contributed by atoms with Gasteiger partial charge >= 0.3 is 0 Å². The molecular weight excluding hydrogens is 234 g/mol. The van der Waals surface area contributed by atoms with E-state index in [1.54, 1.807) is 0 Å². The predicted molar refractivity (Wildman–Crippen MR) is 80.5 cm³/mol. The van der Waals surface area contributed by atoms with Crippen molar-refractivity contribution in [2.45, 2.75) is 39.7 Å². The van der Waals surface area contributed by atoms with E-state index in [1.807, 2.05) is 11.7 Å². The molecular formula is C16H23N3. The summed E-state index contributed by atoms with van der Waals surface area (Å²) in [5.74, 6) is 0.519. The lowest BCUT2D eigenvalue weighted by atomic mass is 10.00. The van der Waals surface area contributed by atoms with Crippen LogP contribution in [0.2, 0.25) is 0 Å². The second-order valence-electron chi connectivity index (χ2n) is 5.45. The molecule has 1 heterocycles. The Bertz CT molecular complexity index is 555. The van der Waals surface area contributed by atoms with Crippen LogP contribution in [0.1, 0.15) is 49.6 Å². The van der Waals surface area contributed by atoms with Gasteiger partial charge in [-0.1, -0.05) is 32.0 Å². The molecule has 102 valence electrons. The maximum Gasteiger partial charge on any atom is 0.0646 e. The van der Waals surface area contributed by atoms with Gasteiger partial charge in [0.15, 0.2) is 0 Å². The Morgan fingerprint density at radius 1 is 1.11 bits per heavy atom. The van der Waals surface area contributed by atoms with E-state index in [4.69, 9.17) is 0 Å². The van der Waals surface area contributed by atoms with Gasteiger partial charge in [0, 0.05) is 24.5 Å². The molecule has 0 spiro atoms. The van der Waals surface area contributed by atoms with Crippen molar-refractivity contribution in [3.63, 3.8) is 0 Å². The third-order valence-corrected chi connectivity index (χ3v) is 3.47. The van der Waals surface area contributed by atoms with Gasteiger partial charge in [-0.15, -0.1) is 0 Å². The molecule has 0 aliphatic heterocycles. The number of benzene rings is 1. The third-order valence-electron chi connectivity index (χ3n) is 3.47. The number of para-hydroxylation sites is 1. The molecule has 0 radical (unpaired) electrons. The minimum atomic E-state index is 0.258. The number of rotatable bonds is 4. The first-order chi connectivity index (χ1) is 8.99. The number of hydrogen-bond donors (Lipinski definition) is 1. The van der Waals surface area contributed by atoms with Crippen LogP contribution in [0, 0.1) is 6.92 Å². The number of aromatic nitrogens is 2. The standard InChI is InChI=1S/C16H23N3/c1-11(2)14-8-6-7-9-16(14)17-12(3)15-10-19(5)18-13(15)4/h6-12,17H,1-5H3. The zero-order valence-electron chi connectivity index (χ0n) is 12.4. The molecule has 0 saturated heterocycles. The quantitative estimate of drug-likeness (QED) is 0.896. The number of hydrogen-bond acceptors (Lipinski definition) is 2. The van der Waals surface area contributed by atoms with E-state index in [9.17, 15) is 0 Å². The van der Waals surface area contributed by atoms with Crippen molar-refractivity contribution in [3.05, 3.63) is 47.3 Å². The van der Waals surface area contributed by atoms with E-state index in [2.05, 4.69) is 68.6 Å². The average molecular weight is 257 g/mol. The molecule has 1 N–H and O–H groups in total.